The molecule has 1 N–H and O–H groups in total. The van der Waals surface area contributed by atoms with Gasteiger partial charge in [0, 0.05) is 0 Å². The van der Waals surface area contributed by atoms with E-state index in [1.165, 1.54) is 0 Å². The van der Waals surface area contributed by atoms with Crippen molar-refractivity contribution in [1.82, 2.24) is 0 Å². The van der Waals surface area contributed by atoms with Gasteiger partial charge in [-0.1, -0.05) is 44.2 Å². The Morgan fingerprint density at radius 3 is 2.44 bits per heavy atom. The topological polar surface area (TPSA) is 46.5 Å². The molecular weight excluding hydrogens is 204 g/mol. The smallest absolute Gasteiger partial charge is 0.305 e. The van der Waals surface area contributed by atoms with Crippen LogP contribution < -0.4 is 0 Å². The normalized spacial score (nSPS) is 12.7. The molecule has 88 valence electrons. The summed E-state index contributed by atoms with van der Waals surface area (Å²) in [5.41, 5.74) is 1.07. The fourth-order valence-electron chi connectivity index (χ4n) is 1.44. The van der Waals surface area contributed by atoms with E-state index in [-0.39, 0.29) is 18.4 Å². The monoisotopic (exact) mass is 222 g/mol. The van der Waals surface area contributed by atoms with E-state index in [1.54, 1.807) is 0 Å². The summed E-state index contributed by atoms with van der Waals surface area (Å²) in [6.07, 6.45) is -0.164. The Labute approximate surface area is 96.1 Å². The molecule has 0 spiro atoms. The van der Waals surface area contributed by atoms with Gasteiger partial charge in [-0.3, -0.25) is 4.79 Å². The Bertz CT molecular complexity index is 319. The van der Waals surface area contributed by atoms with Gasteiger partial charge in [0.1, 0.15) is 0 Å². The third kappa shape index (κ3) is 4.45. The van der Waals surface area contributed by atoms with Crippen molar-refractivity contribution in [3.63, 3.8) is 0 Å². The molecule has 0 fully saturated rings. The van der Waals surface area contributed by atoms with Crippen molar-refractivity contribution < 1.29 is 14.6 Å². The molecule has 1 unspecified atom stereocenters. The average molecular weight is 222 g/mol. The summed E-state index contributed by atoms with van der Waals surface area (Å²) in [6.45, 7) is 4.41. The molecule has 0 radical (unpaired) electrons. The van der Waals surface area contributed by atoms with Crippen molar-refractivity contribution >= 4 is 5.97 Å². The molecule has 3 nitrogen and oxygen atoms in total. The summed E-state index contributed by atoms with van der Waals surface area (Å²) >= 11 is 0. The Morgan fingerprint density at radius 1 is 1.31 bits per heavy atom. The Hall–Kier alpha value is -1.35. The van der Waals surface area contributed by atoms with Crippen molar-refractivity contribution in [1.29, 1.82) is 0 Å². The van der Waals surface area contributed by atoms with Crippen LogP contribution in [-0.2, 0) is 16.1 Å². The van der Waals surface area contributed by atoms with Gasteiger partial charge in [-0.05, 0) is 11.5 Å². The van der Waals surface area contributed by atoms with Crippen LogP contribution >= 0.6 is 0 Å². The molecule has 0 saturated carbocycles. The molecule has 0 heterocycles. The first-order valence-electron chi connectivity index (χ1n) is 5.47. The van der Waals surface area contributed by atoms with Gasteiger partial charge >= 0.3 is 5.97 Å². The molecule has 0 bridgehead atoms. The molecule has 0 aromatic heterocycles. The van der Waals surface area contributed by atoms with E-state index >= 15 is 0 Å². The molecule has 1 atom stereocenters. The van der Waals surface area contributed by atoms with Gasteiger partial charge in [0.15, 0.2) is 0 Å². The summed E-state index contributed by atoms with van der Waals surface area (Å²) < 4.78 is 5.62. The van der Waals surface area contributed by atoms with Crippen LogP contribution in [0.1, 0.15) is 25.8 Å². The van der Waals surface area contributed by atoms with Crippen molar-refractivity contribution in [2.75, 3.05) is 0 Å². The maximum Gasteiger partial charge on any atom is 0.305 e. The third-order valence-electron chi connectivity index (χ3n) is 2.43. The maximum atomic E-state index is 10.6. The highest BCUT2D eigenvalue weighted by Gasteiger charge is 2.17. The van der Waals surface area contributed by atoms with Gasteiger partial charge in [0.2, 0.25) is 0 Å². The summed E-state index contributed by atoms with van der Waals surface area (Å²) in [4.78, 5) is 10.6. The molecule has 1 aromatic rings. The lowest BCUT2D eigenvalue weighted by atomic mass is 10.0. The van der Waals surface area contributed by atoms with Gasteiger partial charge < -0.3 is 9.84 Å². The summed E-state index contributed by atoms with van der Waals surface area (Å²) in [6, 6.07) is 9.78. The predicted octanol–water partition coefficient (Wildman–Crippen LogP) is 2.70. The largest absolute Gasteiger partial charge is 0.481 e. The highest BCUT2D eigenvalue weighted by Crippen LogP contribution is 2.13. The number of aliphatic carboxylic acids is 1. The first-order valence-corrected chi connectivity index (χ1v) is 5.47. The Morgan fingerprint density at radius 2 is 1.94 bits per heavy atom. The fourth-order valence-corrected chi connectivity index (χ4v) is 1.44. The van der Waals surface area contributed by atoms with Crippen LogP contribution in [-0.4, -0.2) is 17.2 Å². The first kappa shape index (κ1) is 12.7. The predicted molar refractivity (Wildman–Crippen MR) is 62.1 cm³/mol. The van der Waals surface area contributed by atoms with E-state index in [9.17, 15) is 4.79 Å². The summed E-state index contributed by atoms with van der Waals surface area (Å²) in [5, 5.41) is 8.75. The molecule has 3 heteroatoms. The Kier molecular flexibility index (Phi) is 4.99. The van der Waals surface area contributed by atoms with Crippen LogP contribution in [0.3, 0.4) is 0 Å². The molecule has 0 saturated heterocycles. The lowest BCUT2D eigenvalue weighted by Crippen LogP contribution is -2.23. The second-order valence-electron chi connectivity index (χ2n) is 4.18. The van der Waals surface area contributed by atoms with Crippen LogP contribution in [0.4, 0.5) is 0 Å². The zero-order chi connectivity index (χ0) is 12.0. The second kappa shape index (κ2) is 6.28. The number of hydrogen-bond donors (Lipinski definition) is 1. The van der Waals surface area contributed by atoms with Crippen LogP contribution in [0, 0.1) is 5.92 Å². The molecule has 0 amide bonds. The molecule has 0 aliphatic heterocycles. The van der Waals surface area contributed by atoms with Gasteiger partial charge in [0.25, 0.3) is 0 Å². The SMILES string of the molecule is CC(C)C(CC(=O)O)OCc1ccccc1. The third-order valence-corrected chi connectivity index (χ3v) is 2.43. The van der Waals surface area contributed by atoms with Crippen LogP contribution in [0.15, 0.2) is 30.3 Å². The van der Waals surface area contributed by atoms with Crippen molar-refractivity contribution in [2.24, 2.45) is 5.92 Å². The molecular formula is C13H18O3. The Balaban J connectivity index is 2.47. The highest BCUT2D eigenvalue weighted by atomic mass is 16.5. The minimum absolute atomic E-state index is 0.0600. The summed E-state index contributed by atoms with van der Waals surface area (Å²) in [7, 11) is 0. The van der Waals surface area contributed by atoms with Crippen LogP contribution in [0.2, 0.25) is 0 Å². The standard InChI is InChI=1S/C13H18O3/c1-10(2)12(8-13(14)15)16-9-11-6-4-3-5-7-11/h3-7,10,12H,8-9H2,1-2H3,(H,14,15). The number of carboxylic acids is 1. The van der Waals surface area contributed by atoms with E-state index in [0.717, 1.165) is 5.56 Å². The van der Waals surface area contributed by atoms with Crippen molar-refractivity contribution in [3.8, 4) is 0 Å². The number of ether oxygens (including phenoxy) is 1. The maximum absolute atomic E-state index is 10.6. The van der Waals surface area contributed by atoms with E-state index < -0.39 is 5.97 Å². The van der Waals surface area contributed by atoms with Gasteiger partial charge in [0.05, 0.1) is 19.1 Å². The number of carboxylic acid groups (broad SMARTS) is 1. The minimum atomic E-state index is -0.813. The van der Waals surface area contributed by atoms with E-state index in [0.29, 0.717) is 6.61 Å². The van der Waals surface area contributed by atoms with Gasteiger partial charge in [-0.2, -0.15) is 0 Å². The highest BCUT2D eigenvalue weighted by molar-refractivity contribution is 5.67. The average Bonchev–Trinajstić information content (AvgIpc) is 2.25. The number of hydrogen-bond acceptors (Lipinski definition) is 2. The first-order chi connectivity index (χ1) is 7.59. The lowest BCUT2D eigenvalue weighted by molar-refractivity contribution is -0.141. The van der Waals surface area contributed by atoms with Crippen molar-refractivity contribution in [2.45, 2.75) is 33.0 Å². The number of rotatable bonds is 6. The molecule has 1 rings (SSSR count). The van der Waals surface area contributed by atoms with E-state index in [2.05, 4.69) is 0 Å². The number of carbonyl (C=O) groups is 1. The summed E-state index contributed by atoms with van der Waals surface area (Å²) in [5.74, 6) is -0.605. The molecule has 1 aromatic carbocycles. The quantitative estimate of drug-likeness (QED) is 0.805. The lowest BCUT2D eigenvalue weighted by Gasteiger charge is -2.19. The van der Waals surface area contributed by atoms with Crippen LogP contribution in [0.5, 0.6) is 0 Å². The van der Waals surface area contributed by atoms with Crippen LogP contribution in [0.25, 0.3) is 0 Å². The zero-order valence-electron chi connectivity index (χ0n) is 9.72. The van der Waals surface area contributed by atoms with Gasteiger partial charge in [-0.25, -0.2) is 0 Å². The zero-order valence-corrected chi connectivity index (χ0v) is 9.72. The molecule has 0 aliphatic carbocycles. The fraction of sp³-hybridized carbons (Fsp3) is 0.462. The second-order valence-corrected chi connectivity index (χ2v) is 4.18. The van der Waals surface area contributed by atoms with E-state index in [1.807, 2.05) is 44.2 Å². The van der Waals surface area contributed by atoms with E-state index in [4.69, 9.17) is 9.84 Å². The number of benzene rings is 1. The molecule has 0 aliphatic rings. The van der Waals surface area contributed by atoms with Crippen molar-refractivity contribution in [3.05, 3.63) is 35.9 Å². The molecule has 16 heavy (non-hydrogen) atoms. The van der Waals surface area contributed by atoms with Gasteiger partial charge in [-0.15, -0.1) is 0 Å². The minimum Gasteiger partial charge on any atom is -0.481 e.